The average molecular weight is 659 g/mol. The lowest BCUT2D eigenvalue weighted by Crippen LogP contribution is -2.65. The smallest absolute Gasteiger partial charge is 0.308 e. The van der Waals surface area contributed by atoms with E-state index in [1.54, 1.807) is 6.07 Å². The fraction of sp³-hybridized carbons (Fsp3) is 0.526. The quantitative estimate of drug-likeness (QED) is 0.216. The minimum absolute atomic E-state index is 0.160. The molecule has 252 valence electrons. The molecular weight excluding hydrogens is 616 g/mol. The normalized spacial score (nSPS) is 38.4. The van der Waals surface area contributed by atoms with Crippen LogP contribution in [0.3, 0.4) is 0 Å². The van der Waals surface area contributed by atoms with Gasteiger partial charge in [-0.25, -0.2) is 0 Å². The highest BCUT2D eigenvalue weighted by Gasteiger charge is 2.66. The van der Waals surface area contributed by atoms with Crippen LogP contribution in [0.2, 0.25) is 0 Å². The molecule has 4 heterocycles. The van der Waals surface area contributed by atoms with Gasteiger partial charge in [-0.05, 0) is 82.2 Å². The molecule has 4 unspecified atom stereocenters. The van der Waals surface area contributed by atoms with E-state index >= 15 is 0 Å². The van der Waals surface area contributed by atoms with E-state index in [2.05, 4.69) is 42.1 Å². The van der Waals surface area contributed by atoms with E-state index in [1.165, 1.54) is 30.5 Å². The van der Waals surface area contributed by atoms with E-state index in [-0.39, 0.29) is 46.6 Å². The molecule has 0 saturated carbocycles. The fourth-order valence-electron chi connectivity index (χ4n) is 11.0. The second-order valence-corrected chi connectivity index (χ2v) is 15.0. The minimum atomic E-state index is -0.594. The Kier molecular flexibility index (Phi) is 6.50. The van der Waals surface area contributed by atoms with Crippen LogP contribution in [-0.4, -0.2) is 95.6 Å². The molecule has 10 atom stereocenters. The number of carbonyl (C=O) groups is 2. The molecule has 2 N–H and O–H groups in total. The minimum Gasteiger partial charge on any atom is -0.504 e. The van der Waals surface area contributed by atoms with Crippen LogP contribution in [0.4, 0.5) is 0 Å². The van der Waals surface area contributed by atoms with Gasteiger partial charge in [0, 0.05) is 59.7 Å². The number of esters is 2. The van der Waals surface area contributed by atoms with E-state index < -0.39 is 12.2 Å². The maximum absolute atomic E-state index is 11.7. The monoisotopic (exact) mass is 658 g/mol. The summed E-state index contributed by atoms with van der Waals surface area (Å²) in [4.78, 5) is 28.1. The fourth-order valence-corrected chi connectivity index (χ4v) is 11.0. The molecule has 2 spiro atoms. The number of aliphatic hydroxyl groups excluding tert-OH is 1. The molecule has 4 aliphatic carbocycles. The number of hydrogen-bond acceptors (Lipinski definition) is 10. The molecule has 4 bridgehead atoms. The summed E-state index contributed by atoms with van der Waals surface area (Å²) in [5.74, 6) is 1.90. The maximum Gasteiger partial charge on any atom is 0.308 e. The third-order valence-corrected chi connectivity index (χ3v) is 12.8. The van der Waals surface area contributed by atoms with E-state index in [4.69, 9.17) is 18.9 Å². The number of phenolic OH excluding ortho intramolecular Hbond substituents is 1. The Morgan fingerprint density at radius 2 is 1.38 bits per heavy atom. The van der Waals surface area contributed by atoms with Crippen LogP contribution in [0.25, 0.3) is 0 Å². The molecule has 10 heteroatoms. The molecule has 48 heavy (non-hydrogen) atoms. The number of aliphatic hydroxyl groups is 1. The number of benzene rings is 2. The van der Waals surface area contributed by atoms with E-state index in [0.29, 0.717) is 35.3 Å². The number of aromatic hydroxyl groups is 1. The predicted molar refractivity (Wildman–Crippen MR) is 174 cm³/mol. The van der Waals surface area contributed by atoms with Crippen LogP contribution in [-0.2, 0) is 38.0 Å². The van der Waals surface area contributed by atoms with Crippen molar-refractivity contribution in [3.8, 4) is 23.0 Å². The third-order valence-electron chi connectivity index (χ3n) is 12.8. The molecule has 0 aromatic heterocycles. The third kappa shape index (κ3) is 3.85. The van der Waals surface area contributed by atoms with Crippen molar-refractivity contribution in [1.29, 1.82) is 0 Å². The van der Waals surface area contributed by atoms with Gasteiger partial charge in [-0.15, -0.1) is 0 Å². The van der Waals surface area contributed by atoms with E-state index in [9.17, 15) is 19.8 Å². The van der Waals surface area contributed by atoms with Crippen LogP contribution in [0.15, 0.2) is 48.6 Å². The second-order valence-electron chi connectivity index (χ2n) is 15.0. The molecule has 2 fully saturated rings. The number of carbonyl (C=O) groups excluding carboxylic acids is 2. The molecule has 0 amide bonds. The molecule has 2 aromatic rings. The highest BCUT2D eigenvalue weighted by Crippen LogP contribution is 2.64. The first-order chi connectivity index (χ1) is 23.0. The standard InChI is InChI=1S/C21H23NO5.C17H19NO3/c1-11(23)25-16-6-4-13-10-15-14-5-7-17(26-12(2)24)20-21(14,8-9-22(15)3)18(13)19(16)27-20;1-18-7-6-17-10-3-5-13(20)16(17)21-15-12(19)4-2-9(14(15)17)8-11(10)18/h4-7,14-15,17,20H,8-10H2,1-3H3;2-5,10-11,13,16,19-20H,6-8H2,1H3/t14?,15-,17+,20?,21+;10?,11-,13+,16?,17+/m11/s1/i1+1,2+1,11+1,12+1;. The number of ether oxygens (including phenoxy) is 4. The first-order valence-electron chi connectivity index (χ1n) is 17.2. The summed E-state index contributed by atoms with van der Waals surface area (Å²) in [6, 6.07) is 8.50. The van der Waals surface area contributed by atoms with E-state index in [0.717, 1.165) is 44.3 Å². The average Bonchev–Trinajstić information content (AvgIpc) is 3.59. The van der Waals surface area contributed by atoms with Gasteiger partial charge in [0.2, 0.25) is 0 Å². The number of likely N-dealkylation sites (tertiary alicyclic amines) is 2. The number of phenols is 1. The number of rotatable bonds is 2. The topological polar surface area (TPSA) is 118 Å². The Morgan fingerprint density at radius 1 is 0.792 bits per heavy atom. The lowest BCUT2D eigenvalue weighted by atomic mass is 9.53. The molecule has 10 rings (SSSR count). The Hall–Kier alpha value is -3.86. The molecule has 2 saturated heterocycles. The van der Waals surface area contributed by atoms with Crippen LogP contribution in [0.5, 0.6) is 23.0 Å². The van der Waals surface area contributed by atoms with Crippen molar-refractivity contribution in [2.24, 2.45) is 11.8 Å². The molecule has 0 radical (unpaired) electrons. The molecular formula is C38H42N2O8. The molecule has 2 aromatic carbocycles. The Morgan fingerprint density at radius 3 is 2.02 bits per heavy atom. The lowest BCUT2D eigenvalue weighted by Gasteiger charge is -2.56. The van der Waals surface area contributed by atoms with Crippen LogP contribution >= 0.6 is 0 Å². The van der Waals surface area contributed by atoms with Crippen molar-refractivity contribution in [3.05, 3.63) is 70.8 Å². The van der Waals surface area contributed by atoms with Gasteiger partial charge in [0.15, 0.2) is 29.1 Å². The summed E-state index contributed by atoms with van der Waals surface area (Å²) < 4.78 is 23.6. The van der Waals surface area contributed by atoms with Gasteiger partial charge in [-0.1, -0.05) is 30.4 Å². The van der Waals surface area contributed by atoms with Crippen molar-refractivity contribution in [2.75, 3.05) is 27.2 Å². The molecule has 4 aliphatic heterocycles. The summed E-state index contributed by atoms with van der Waals surface area (Å²) in [6.45, 7) is 4.78. The van der Waals surface area contributed by atoms with Gasteiger partial charge in [0.05, 0.1) is 0 Å². The molecule has 10 nitrogen and oxygen atoms in total. The van der Waals surface area contributed by atoms with Gasteiger partial charge in [0.25, 0.3) is 0 Å². The number of piperidine rings is 2. The van der Waals surface area contributed by atoms with Crippen molar-refractivity contribution in [1.82, 2.24) is 9.80 Å². The molecule has 8 aliphatic rings. The van der Waals surface area contributed by atoms with Gasteiger partial charge >= 0.3 is 11.9 Å². The highest BCUT2D eigenvalue weighted by molar-refractivity contribution is 5.73. The summed E-state index contributed by atoms with van der Waals surface area (Å²) in [6.07, 6.45) is 10.5. The number of hydrogen-bond donors (Lipinski definition) is 2. The van der Waals surface area contributed by atoms with Crippen molar-refractivity contribution in [3.63, 3.8) is 0 Å². The van der Waals surface area contributed by atoms with Gasteiger partial charge < -0.3 is 39.0 Å². The Labute approximate surface area is 279 Å². The summed E-state index contributed by atoms with van der Waals surface area (Å²) in [5, 5.41) is 20.6. The van der Waals surface area contributed by atoms with Gasteiger partial charge in [-0.3, -0.25) is 9.59 Å². The number of likely N-dealkylation sites (N-methyl/N-ethyl adjacent to an activating group) is 2. The maximum atomic E-state index is 11.7. The van der Waals surface area contributed by atoms with Crippen molar-refractivity contribution >= 4 is 11.9 Å². The van der Waals surface area contributed by atoms with Crippen LogP contribution < -0.4 is 14.2 Å². The van der Waals surface area contributed by atoms with E-state index in [1.807, 2.05) is 24.3 Å². The summed E-state index contributed by atoms with van der Waals surface area (Å²) in [5.41, 5.74) is 4.44. The van der Waals surface area contributed by atoms with Gasteiger partial charge in [0.1, 0.15) is 18.3 Å². The largest absolute Gasteiger partial charge is 0.504 e. The second kappa shape index (κ2) is 10.3. The van der Waals surface area contributed by atoms with Crippen LogP contribution in [0, 0.1) is 11.8 Å². The first-order valence-corrected chi connectivity index (χ1v) is 17.2. The SMILES string of the molecule is CN1CC[C@]23c4c5ccc(O)c4OC2[C@@H](O)C=CC3[C@H]1C5.CN1CC[C@]23c4c5ccc(O[13C]([13CH3])=O)c4OC2[C@@H](O[13C]([13CH3])=O)C=CC3[C@H]1C5. The zero-order valence-electron chi connectivity index (χ0n) is 27.7. The predicted octanol–water partition coefficient (Wildman–Crippen LogP) is 3.19. The highest BCUT2D eigenvalue weighted by atomic mass is 16.7. The number of nitrogens with zero attached hydrogens (tertiary/aromatic N) is 2. The van der Waals surface area contributed by atoms with Crippen molar-refractivity contribution < 1.29 is 38.7 Å². The Bertz CT molecular complexity index is 1800. The van der Waals surface area contributed by atoms with Crippen LogP contribution in [0.1, 0.15) is 48.9 Å². The Balaban J connectivity index is 0.000000135. The summed E-state index contributed by atoms with van der Waals surface area (Å²) in [7, 11) is 4.36. The van der Waals surface area contributed by atoms with Crippen molar-refractivity contribution in [2.45, 2.75) is 86.9 Å². The van der Waals surface area contributed by atoms with Gasteiger partial charge in [-0.2, -0.15) is 0 Å². The lowest BCUT2D eigenvalue weighted by molar-refractivity contribution is -0.152. The zero-order chi connectivity index (χ0) is 33.3. The first kappa shape index (κ1) is 30.2. The summed E-state index contributed by atoms with van der Waals surface area (Å²) >= 11 is 0. The zero-order valence-corrected chi connectivity index (χ0v) is 27.7.